The molecule has 166 valence electrons. The number of benzene rings is 1. The summed E-state index contributed by atoms with van der Waals surface area (Å²) >= 11 is 0. The summed E-state index contributed by atoms with van der Waals surface area (Å²) in [5, 5.41) is 4.16. The molecule has 0 saturated carbocycles. The fourth-order valence-electron chi connectivity index (χ4n) is 4.22. The second kappa shape index (κ2) is 8.14. The summed E-state index contributed by atoms with van der Waals surface area (Å²) in [4.78, 5) is 10.0. The molecule has 3 atom stereocenters. The molecule has 2 aromatic heterocycles. The molecule has 1 aliphatic heterocycles. The highest BCUT2D eigenvalue weighted by atomic mass is 19.4. The second-order valence-electron chi connectivity index (χ2n) is 8.04. The summed E-state index contributed by atoms with van der Waals surface area (Å²) in [6.45, 7) is 5.33. The minimum atomic E-state index is -4.37. The van der Waals surface area contributed by atoms with Crippen LogP contribution in [0.25, 0.3) is 5.78 Å². The van der Waals surface area contributed by atoms with Gasteiger partial charge in [0.1, 0.15) is 12.0 Å². The van der Waals surface area contributed by atoms with Gasteiger partial charge < -0.3 is 0 Å². The van der Waals surface area contributed by atoms with Crippen LogP contribution in [0, 0.1) is 5.92 Å². The average molecular weight is 439 g/mol. The van der Waals surface area contributed by atoms with Crippen molar-refractivity contribution in [3.63, 3.8) is 0 Å². The van der Waals surface area contributed by atoms with Crippen molar-refractivity contribution in [3.8, 4) is 0 Å². The topological polar surface area (TPSA) is 46.3 Å². The number of alkyl halides is 5. The molecule has 3 aromatic rings. The van der Waals surface area contributed by atoms with E-state index in [0.717, 1.165) is 30.7 Å². The van der Waals surface area contributed by atoms with Crippen molar-refractivity contribution >= 4 is 5.78 Å². The van der Waals surface area contributed by atoms with Gasteiger partial charge in [-0.25, -0.2) is 18.3 Å². The largest absolute Gasteiger partial charge is 0.416 e. The highest BCUT2D eigenvalue weighted by Crippen LogP contribution is 2.37. The Kier molecular flexibility index (Phi) is 5.67. The maximum Gasteiger partial charge on any atom is 0.416 e. The van der Waals surface area contributed by atoms with Crippen LogP contribution in [0.1, 0.15) is 61.2 Å². The molecule has 5 nitrogen and oxygen atoms in total. The fraction of sp³-hybridized carbons (Fsp3) is 0.476. The Bertz CT molecular complexity index is 1050. The van der Waals surface area contributed by atoms with Crippen molar-refractivity contribution < 1.29 is 22.0 Å². The Morgan fingerprint density at radius 1 is 1.13 bits per heavy atom. The molecule has 0 radical (unpaired) electrons. The molecule has 0 N–H and O–H groups in total. The van der Waals surface area contributed by atoms with Gasteiger partial charge in [0.2, 0.25) is 0 Å². The summed E-state index contributed by atoms with van der Waals surface area (Å²) in [6, 6.07) is 6.44. The summed E-state index contributed by atoms with van der Waals surface area (Å²) in [5.41, 5.74) is 0.374. The second-order valence-corrected chi connectivity index (χ2v) is 8.04. The Hall–Kier alpha value is -2.62. The lowest BCUT2D eigenvalue weighted by atomic mass is 9.83. The molecule has 1 aromatic carbocycles. The van der Waals surface area contributed by atoms with E-state index in [4.69, 9.17) is 0 Å². The quantitative estimate of drug-likeness (QED) is 0.520. The molecule has 1 saturated heterocycles. The normalized spacial score (nSPS) is 21.7. The molecular weight excluding hydrogens is 417 g/mol. The summed E-state index contributed by atoms with van der Waals surface area (Å²) < 4.78 is 66.9. The molecule has 4 rings (SSSR count). The first-order valence-electron chi connectivity index (χ1n) is 10.0. The van der Waals surface area contributed by atoms with E-state index in [1.807, 2.05) is 6.92 Å². The average Bonchev–Trinajstić information content (AvgIpc) is 3.21. The van der Waals surface area contributed by atoms with Gasteiger partial charge in [0.15, 0.2) is 0 Å². The van der Waals surface area contributed by atoms with Gasteiger partial charge in [-0.3, -0.25) is 4.90 Å². The van der Waals surface area contributed by atoms with E-state index in [0.29, 0.717) is 12.2 Å². The molecule has 10 heteroatoms. The zero-order valence-electron chi connectivity index (χ0n) is 17.0. The highest BCUT2D eigenvalue weighted by molar-refractivity contribution is 5.33. The minimum Gasteiger partial charge on any atom is -0.296 e. The van der Waals surface area contributed by atoms with Gasteiger partial charge in [0.05, 0.1) is 11.3 Å². The number of aromatic nitrogens is 4. The number of rotatable bonds is 4. The lowest BCUT2D eigenvalue weighted by molar-refractivity contribution is -0.137. The first kappa shape index (κ1) is 21.6. The fourth-order valence-corrected chi connectivity index (χ4v) is 4.22. The molecule has 0 bridgehead atoms. The zero-order valence-corrected chi connectivity index (χ0v) is 17.0. The van der Waals surface area contributed by atoms with Crippen LogP contribution in [0.15, 0.2) is 36.7 Å². The van der Waals surface area contributed by atoms with Gasteiger partial charge in [-0.1, -0.05) is 19.1 Å². The van der Waals surface area contributed by atoms with E-state index in [1.165, 1.54) is 29.0 Å². The molecule has 0 aliphatic carbocycles. The Balaban J connectivity index is 1.62. The summed E-state index contributed by atoms with van der Waals surface area (Å²) in [7, 11) is 0. The molecule has 0 unspecified atom stereocenters. The molecule has 1 fully saturated rings. The molecule has 31 heavy (non-hydrogen) atoms. The third-order valence-electron chi connectivity index (χ3n) is 6.16. The predicted molar refractivity (Wildman–Crippen MR) is 104 cm³/mol. The maximum atomic E-state index is 13.4. The number of hydrogen-bond acceptors (Lipinski definition) is 4. The SMILES string of the molecule is C[C@@H]1CCN([C@H](C)c2ccc(C(F)(F)F)cc2)C[C@H]1c1cc(C(F)F)nc2ncnn12. The number of halogens is 5. The Morgan fingerprint density at radius 3 is 2.48 bits per heavy atom. The Morgan fingerprint density at radius 2 is 1.84 bits per heavy atom. The van der Waals surface area contributed by atoms with Gasteiger partial charge in [0, 0.05) is 18.5 Å². The van der Waals surface area contributed by atoms with Crippen LogP contribution in [0.5, 0.6) is 0 Å². The molecular formula is C21H22F5N5. The van der Waals surface area contributed by atoms with Crippen molar-refractivity contribution in [2.75, 3.05) is 13.1 Å². The number of nitrogens with zero attached hydrogens (tertiary/aromatic N) is 5. The van der Waals surface area contributed by atoms with Crippen LogP contribution < -0.4 is 0 Å². The summed E-state index contributed by atoms with van der Waals surface area (Å²) in [6.07, 6.45) is -4.99. The lowest BCUT2D eigenvalue weighted by Gasteiger charge is -2.40. The van der Waals surface area contributed by atoms with Crippen LogP contribution in [-0.2, 0) is 6.18 Å². The predicted octanol–water partition coefficient (Wildman–Crippen LogP) is 5.27. The highest BCUT2D eigenvalue weighted by Gasteiger charge is 2.34. The number of likely N-dealkylation sites (tertiary alicyclic amines) is 1. The lowest BCUT2D eigenvalue weighted by Crippen LogP contribution is -2.40. The first-order chi connectivity index (χ1) is 14.6. The summed E-state index contributed by atoms with van der Waals surface area (Å²) in [5.74, 6) is 0.236. The van der Waals surface area contributed by atoms with E-state index >= 15 is 0 Å². The van der Waals surface area contributed by atoms with Crippen molar-refractivity contribution in [3.05, 3.63) is 59.2 Å². The molecule has 0 spiro atoms. The van der Waals surface area contributed by atoms with Gasteiger partial charge in [-0.2, -0.15) is 23.3 Å². The van der Waals surface area contributed by atoms with E-state index in [1.54, 1.807) is 0 Å². The minimum absolute atomic E-state index is 0.102. The number of fused-ring (bicyclic) bond motifs is 1. The van der Waals surface area contributed by atoms with Crippen molar-refractivity contribution in [1.82, 2.24) is 24.5 Å². The van der Waals surface area contributed by atoms with Crippen LogP contribution in [0.3, 0.4) is 0 Å². The third kappa shape index (κ3) is 4.26. The van der Waals surface area contributed by atoms with E-state index < -0.39 is 18.2 Å². The van der Waals surface area contributed by atoms with Crippen LogP contribution in [-0.4, -0.2) is 37.6 Å². The van der Waals surface area contributed by atoms with E-state index in [-0.39, 0.29) is 29.3 Å². The van der Waals surface area contributed by atoms with Crippen molar-refractivity contribution in [2.24, 2.45) is 5.92 Å². The van der Waals surface area contributed by atoms with Crippen molar-refractivity contribution in [1.29, 1.82) is 0 Å². The van der Waals surface area contributed by atoms with E-state index in [9.17, 15) is 22.0 Å². The van der Waals surface area contributed by atoms with Gasteiger partial charge >= 0.3 is 6.18 Å². The zero-order chi connectivity index (χ0) is 22.3. The first-order valence-corrected chi connectivity index (χ1v) is 10.0. The smallest absolute Gasteiger partial charge is 0.296 e. The maximum absolute atomic E-state index is 13.4. The van der Waals surface area contributed by atoms with Crippen LogP contribution >= 0.6 is 0 Å². The van der Waals surface area contributed by atoms with Gasteiger partial charge in [0.25, 0.3) is 12.2 Å². The standard InChI is InChI=1S/C21H22F5N5/c1-12-7-8-30(13(2)14-3-5-15(6-4-14)21(24,25)26)10-16(12)18-9-17(19(22)23)29-20-27-11-28-31(18)20/h3-6,9,11-13,16,19H,7-8,10H2,1-2H3/t12-,13-,16-/m1/s1. The van der Waals surface area contributed by atoms with Gasteiger partial charge in [-0.05, 0) is 49.6 Å². The number of hydrogen-bond donors (Lipinski definition) is 0. The Labute approximate surface area is 175 Å². The molecule has 1 aliphatic rings. The molecule has 0 amide bonds. The van der Waals surface area contributed by atoms with Crippen molar-refractivity contribution in [2.45, 2.75) is 44.8 Å². The number of piperidine rings is 1. The van der Waals surface area contributed by atoms with Crippen LogP contribution in [0.2, 0.25) is 0 Å². The third-order valence-corrected chi connectivity index (χ3v) is 6.16. The van der Waals surface area contributed by atoms with Gasteiger partial charge in [-0.15, -0.1) is 0 Å². The molecule has 3 heterocycles. The van der Waals surface area contributed by atoms with Crippen LogP contribution in [0.4, 0.5) is 22.0 Å². The van der Waals surface area contributed by atoms with E-state index in [2.05, 4.69) is 26.9 Å². The monoisotopic (exact) mass is 439 g/mol.